The van der Waals surface area contributed by atoms with Crippen molar-refractivity contribution in [2.75, 3.05) is 6.54 Å². The summed E-state index contributed by atoms with van der Waals surface area (Å²) in [5.74, 6) is 0.0215. The van der Waals surface area contributed by atoms with Crippen molar-refractivity contribution < 1.29 is 14.1 Å². The third-order valence-corrected chi connectivity index (χ3v) is 6.81. The normalized spacial score (nSPS) is 15.2. The van der Waals surface area contributed by atoms with Gasteiger partial charge in [0.15, 0.2) is 0 Å². The molecule has 0 aliphatic carbocycles. The largest absolute Gasteiger partial charge is 0.489 e. The van der Waals surface area contributed by atoms with E-state index in [1.807, 2.05) is 66.4 Å². The van der Waals surface area contributed by atoms with Gasteiger partial charge in [-0.1, -0.05) is 36.4 Å². The smallest absolute Gasteiger partial charge is 0.440 e. The van der Waals surface area contributed by atoms with Crippen LogP contribution in [0.3, 0.4) is 0 Å². The highest BCUT2D eigenvalue weighted by atomic mass is 16.5. The number of nitrogens with one attached hydrogen (secondary N) is 1. The van der Waals surface area contributed by atoms with Crippen molar-refractivity contribution in [2.45, 2.75) is 45.9 Å². The minimum atomic E-state index is -0.775. The van der Waals surface area contributed by atoms with Gasteiger partial charge in [0.05, 0.1) is 6.54 Å². The number of likely N-dealkylation sites (tertiary alicyclic amines) is 1. The summed E-state index contributed by atoms with van der Waals surface area (Å²) < 4.78 is 11.7. The average molecular weight is 500 g/mol. The molecule has 1 N–H and O–H groups in total. The van der Waals surface area contributed by atoms with Crippen LogP contribution in [0, 0.1) is 6.92 Å². The number of aryl methyl sites for hydroxylation is 1. The third kappa shape index (κ3) is 5.43. The molecule has 1 fully saturated rings. The Balaban J connectivity index is 1.24. The fourth-order valence-corrected chi connectivity index (χ4v) is 4.79. The number of rotatable bonds is 7. The molecule has 0 radical (unpaired) electrons. The van der Waals surface area contributed by atoms with Crippen LogP contribution in [0.4, 0.5) is 0 Å². The molecule has 0 saturated carbocycles. The van der Waals surface area contributed by atoms with Crippen LogP contribution in [0.2, 0.25) is 0 Å². The van der Waals surface area contributed by atoms with E-state index in [-0.39, 0.29) is 12.5 Å². The van der Waals surface area contributed by atoms with Crippen molar-refractivity contribution in [3.8, 4) is 16.9 Å². The highest BCUT2D eigenvalue weighted by Gasteiger charge is 2.26. The zero-order valence-corrected chi connectivity index (χ0v) is 20.9. The second-order valence-electron chi connectivity index (χ2n) is 9.50. The van der Waals surface area contributed by atoms with Crippen LogP contribution in [0.15, 0.2) is 80.8 Å². The molecule has 1 aromatic heterocycles. The predicted octanol–water partition coefficient (Wildman–Crippen LogP) is 4.36. The topological polar surface area (TPSA) is 97.5 Å². The number of aromatic amines is 1. The van der Waals surface area contributed by atoms with Crippen molar-refractivity contribution in [3.05, 3.63) is 110 Å². The molecule has 37 heavy (non-hydrogen) atoms. The summed E-state index contributed by atoms with van der Waals surface area (Å²) in [5, 5.41) is 0. The average Bonchev–Trinajstić information content (AvgIpc) is 3.46. The zero-order valence-electron chi connectivity index (χ0n) is 20.9. The van der Waals surface area contributed by atoms with E-state index in [0.29, 0.717) is 18.4 Å². The Bertz CT molecular complexity index is 1530. The van der Waals surface area contributed by atoms with Crippen molar-refractivity contribution >= 4 is 5.91 Å². The quantitative estimate of drug-likeness (QED) is 0.408. The molecule has 1 amide bonds. The van der Waals surface area contributed by atoms with E-state index in [1.165, 1.54) is 0 Å². The molecule has 3 aromatic carbocycles. The van der Waals surface area contributed by atoms with Crippen LogP contribution in [0.5, 0.6) is 5.75 Å². The maximum absolute atomic E-state index is 12.9. The first kappa shape index (κ1) is 24.4. The first-order chi connectivity index (χ1) is 17.9. The van der Waals surface area contributed by atoms with Gasteiger partial charge in [-0.25, -0.2) is 14.6 Å². The van der Waals surface area contributed by atoms with Crippen molar-refractivity contribution in [1.82, 2.24) is 14.6 Å². The number of ether oxygens (including phenoxy) is 1. The third-order valence-electron chi connectivity index (χ3n) is 6.81. The fourth-order valence-electron chi connectivity index (χ4n) is 4.79. The van der Waals surface area contributed by atoms with E-state index in [4.69, 9.17) is 9.26 Å². The number of aromatic nitrogens is 2. The second kappa shape index (κ2) is 10.3. The highest BCUT2D eigenvalue weighted by Crippen LogP contribution is 2.27. The Morgan fingerprint density at radius 1 is 1.05 bits per heavy atom. The molecule has 8 heteroatoms. The number of H-pyrrole nitrogens is 1. The Morgan fingerprint density at radius 2 is 1.86 bits per heavy atom. The maximum atomic E-state index is 12.9. The molecule has 1 unspecified atom stereocenters. The first-order valence-electron chi connectivity index (χ1n) is 12.4. The minimum absolute atomic E-state index is 0.109. The molecule has 190 valence electrons. The van der Waals surface area contributed by atoms with Crippen molar-refractivity contribution in [3.63, 3.8) is 0 Å². The lowest BCUT2D eigenvalue weighted by atomic mass is 9.97. The van der Waals surface area contributed by atoms with Gasteiger partial charge in [0, 0.05) is 18.2 Å². The number of carbonyl (C=O) groups is 1. The van der Waals surface area contributed by atoms with E-state index >= 15 is 0 Å². The Hall–Kier alpha value is -4.33. The highest BCUT2D eigenvalue weighted by molar-refractivity contribution is 5.95. The lowest BCUT2D eigenvalue weighted by Gasteiger charge is -2.22. The summed E-state index contributed by atoms with van der Waals surface area (Å²) in [4.78, 5) is 39.7. The fraction of sp³-hybridized carbons (Fsp3) is 0.276. The van der Waals surface area contributed by atoms with Crippen molar-refractivity contribution in [2.24, 2.45) is 0 Å². The summed E-state index contributed by atoms with van der Waals surface area (Å²) >= 11 is 0. The maximum Gasteiger partial charge on any atom is 0.440 e. The summed E-state index contributed by atoms with van der Waals surface area (Å²) in [5.41, 5.74) is 5.20. The molecule has 0 bridgehead atoms. The van der Waals surface area contributed by atoms with E-state index < -0.39 is 11.4 Å². The molecule has 2 heterocycles. The lowest BCUT2D eigenvalue weighted by Crippen LogP contribution is -2.33. The predicted molar refractivity (Wildman–Crippen MR) is 140 cm³/mol. The summed E-state index contributed by atoms with van der Waals surface area (Å²) in [6.45, 7) is 5.52. The summed E-state index contributed by atoms with van der Waals surface area (Å²) in [7, 11) is 0. The van der Waals surface area contributed by atoms with E-state index in [2.05, 4.69) is 24.0 Å². The van der Waals surface area contributed by atoms with Gasteiger partial charge < -0.3 is 14.2 Å². The number of nitrogens with zero attached hydrogens (tertiary/aromatic N) is 2. The Kier molecular flexibility index (Phi) is 6.81. The Morgan fingerprint density at radius 3 is 2.54 bits per heavy atom. The lowest BCUT2D eigenvalue weighted by molar-refractivity contribution is 0.0747. The van der Waals surface area contributed by atoms with E-state index in [0.717, 1.165) is 57.5 Å². The monoisotopic (exact) mass is 499 g/mol. The number of carbonyl (C=O) groups excluding carboxylic acids is 1. The molecule has 1 saturated heterocycles. The van der Waals surface area contributed by atoms with Gasteiger partial charge in [0.25, 0.3) is 5.91 Å². The van der Waals surface area contributed by atoms with Crippen LogP contribution in [0.1, 0.15) is 46.8 Å². The molecular formula is C29H29N3O5. The summed E-state index contributed by atoms with van der Waals surface area (Å²) in [6.07, 6.45) is 2.13. The Labute approximate surface area is 214 Å². The molecule has 4 aromatic rings. The van der Waals surface area contributed by atoms with Crippen LogP contribution in [0.25, 0.3) is 11.1 Å². The first-order valence-corrected chi connectivity index (χ1v) is 12.4. The van der Waals surface area contributed by atoms with E-state index in [9.17, 15) is 14.4 Å². The molecule has 1 aliphatic heterocycles. The number of amides is 1. The number of benzene rings is 3. The number of hydrogen-bond acceptors (Lipinski definition) is 5. The molecule has 1 aliphatic rings. The zero-order chi connectivity index (χ0) is 25.9. The summed E-state index contributed by atoms with van der Waals surface area (Å²) in [6, 6.07) is 21.7. The minimum Gasteiger partial charge on any atom is -0.489 e. The van der Waals surface area contributed by atoms with E-state index in [1.54, 1.807) is 0 Å². The van der Waals surface area contributed by atoms with Crippen LogP contribution in [-0.2, 0) is 13.2 Å². The number of hydrogen-bond donors (Lipinski definition) is 1. The van der Waals surface area contributed by atoms with Gasteiger partial charge >= 0.3 is 11.4 Å². The molecule has 8 nitrogen and oxygen atoms in total. The molecular weight excluding hydrogens is 470 g/mol. The van der Waals surface area contributed by atoms with Crippen LogP contribution >= 0.6 is 0 Å². The van der Waals surface area contributed by atoms with Gasteiger partial charge in [-0.05, 0) is 84.8 Å². The van der Waals surface area contributed by atoms with Crippen LogP contribution < -0.4 is 16.2 Å². The van der Waals surface area contributed by atoms with Crippen LogP contribution in [-0.4, -0.2) is 33.1 Å². The van der Waals surface area contributed by atoms with Gasteiger partial charge in [-0.3, -0.25) is 4.79 Å². The van der Waals surface area contributed by atoms with Gasteiger partial charge in [-0.15, -0.1) is 4.74 Å². The molecule has 5 rings (SSSR count). The second-order valence-corrected chi connectivity index (χ2v) is 9.50. The van der Waals surface area contributed by atoms with Crippen molar-refractivity contribution in [1.29, 1.82) is 0 Å². The SMILES string of the molecule is Cc1cc(C(=O)N2CCCC2C)ccc1-c1cccc(COc2ccc(Cn3oc(=O)[nH]c3=O)cc2)c1. The van der Waals surface area contributed by atoms with Gasteiger partial charge in [-0.2, -0.15) is 0 Å². The van der Waals surface area contributed by atoms with Gasteiger partial charge in [0.1, 0.15) is 12.4 Å². The molecule has 1 atom stereocenters. The standard InChI is InChI=1S/C29H29N3O5/c1-19-15-24(27(33)31-14-4-5-20(31)2)10-13-26(19)23-7-3-6-22(16-23)18-36-25-11-8-21(9-12-25)17-32-28(34)30-29(35)37-32/h3,6-13,15-16,20H,4-5,14,17-18H2,1-2H3,(H,30,34,35). The molecule has 0 spiro atoms. The van der Waals surface area contributed by atoms with Gasteiger partial charge in [0.2, 0.25) is 0 Å².